The molecule has 0 bridgehead atoms. The van der Waals surface area contributed by atoms with E-state index in [2.05, 4.69) is 32.8 Å². The maximum Gasteiger partial charge on any atom is 0.326 e. The number of carboxylic acids is 1. The number of aromatic nitrogens is 3. The molecule has 4 heterocycles. The van der Waals surface area contributed by atoms with Crippen LogP contribution in [0.25, 0.3) is 11.1 Å². The summed E-state index contributed by atoms with van der Waals surface area (Å²) in [6, 6.07) is 10.6. The fourth-order valence-corrected chi connectivity index (χ4v) is 5.43. The highest BCUT2D eigenvalue weighted by molar-refractivity contribution is 5.97. The van der Waals surface area contributed by atoms with Gasteiger partial charge in [-0.2, -0.15) is 5.10 Å². The van der Waals surface area contributed by atoms with Crippen molar-refractivity contribution in [2.24, 2.45) is 13.0 Å². The molecule has 0 aliphatic carbocycles. The van der Waals surface area contributed by atoms with Crippen molar-refractivity contribution in [1.29, 1.82) is 0 Å². The molecule has 3 aromatic rings. The molecule has 2 aliphatic rings. The third-order valence-electron chi connectivity index (χ3n) is 7.63. The Bertz CT molecular complexity index is 1290. The van der Waals surface area contributed by atoms with E-state index in [0.717, 1.165) is 74.4 Å². The largest absolute Gasteiger partial charge is 0.480 e. The normalized spacial score (nSPS) is 18.0. The molecule has 5 rings (SSSR count). The van der Waals surface area contributed by atoms with Gasteiger partial charge in [0.05, 0.1) is 6.20 Å². The van der Waals surface area contributed by atoms with Crippen LogP contribution >= 0.6 is 0 Å². The fourth-order valence-electron chi connectivity index (χ4n) is 5.43. The number of fused-ring (bicyclic) bond motifs is 1. The highest BCUT2D eigenvalue weighted by atomic mass is 16.4. The Morgan fingerprint density at radius 2 is 2.13 bits per heavy atom. The molecule has 3 N–H and O–H groups in total. The summed E-state index contributed by atoms with van der Waals surface area (Å²) < 4.78 is 1.70. The van der Waals surface area contributed by atoms with Gasteiger partial charge in [-0.05, 0) is 80.3 Å². The molecule has 2 atom stereocenters. The van der Waals surface area contributed by atoms with Crippen LogP contribution in [0.15, 0.2) is 48.8 Å². The first kappa shape index (κ1) is 25.9. The summed E-state index contributed by atoms with van der Waals surface area (Å²) in [6.07, 6.45) is 9.39. The standard InChI is InChI=1S/C29H36N6O3/c1-34-19-24(17-31-34)22-4-2-5-23(16-22)28(36)33-26(29(37)38)12-15-35-14-11-20(18-35)7-9-25-10-8-21-6-3-13-30-27(21)32-25/h2,4-5,8,10,16-17,19-20,26H,3,6-7,9,11-15,18H2,1H3,(H,30,32)(H,33,36)(H,37,38)/t20-,26?/m1/s1. The third-order valence-corrected chi connectivity index (χ3v) is 7.63. The van der Waals surface area contributed by atoms with Gasteiger partial charge >= 0.3 is 5.97 Å². The van der Waals surface area contributed by atoms with Crippen molar-refractivity contribution in [3.63, 3.8) is 0 Å². The maximum atomic E-state index is 12.9. The predicted octanol–water partition coefficient (Wildman–Crippen LogP) is 3.37. The minimum Gasteiger partial charge on any atom is -0.480 e. The Balaban J connectivity index is 1.10. The van der Waals surface area contributed by atoms with Crippen LogP contribution in [0.2, 0.25) is 0 Å². The fraction of sp³-hybridized carbons (Fsp3) is 0.448. The van der Waals surface area contributed by atoms with E-state index in [1.807, 2.05) is 19.3 Å². The predicted molar refractivity (Wildman–Crippen MR) is 146 cm³/mol. The highest BCUT2D eigenvalue weighted by Crippen LogP contribution is 2.24. The lowest BCUT2D eigenvalue weighted by Gasteiger charge is -2.20. The zero-order chi connectivity index (χ0) is 26.5. The van der Waals surface area contributed by atoms with Crippen molar-refractivity contribution in [3.05, 3.63) is 65.6 Å². The molecule has 9 nitrogen and oxygen atoms in total. The Morgan fingerprint density at radius 1 is 1.24 bits per heavy atom. The molecule has 0 spiro atoms. The molecule has 200 valence electrons. The summed E-state index contributed by atoms with van der Waals surface area (Å²) in [5.41, 5.74) is 4.65. The van der Waals surface area contributed by atoms with Gasteiger partial charge in [-0.15, -0.1) is 0 Å². The Labute approximate surface area is 223 Å². The molecule has 2 aliphatic heterocycles. The molecule has 1 saturated heterocycles. The monoisotopic (exact) mass is 516 g/mol. The summed E-state index contributed by atoms with van der Waals surface area (Å²) in [6.45, 7) is 3.55. The summed E-state index contributed by atoms with van der Waals surface area (Å²) in [4.78, 5) is 31.9. The van der Waals surface area contributed by atoms with Gasteiger partial charge in [0.25, 0.3) is 5.91 Å². The molecule has 0 saturated carbocycles. The summed E-state index contributed by atoms with van der Waals surface area (Å²) in [5, 5.41) is 20.1. The van der Waals surface area contributed by atoms with Gasteiger partial charge in [0.15, 0.2) is 0 Å². The molecular formula is C29H36N6O3. The smallest absolute Gasteiger partial charge is 0.326 e. The molecular weight excluding hydrogens is 480 g/mol. The number of hydrogen-bond acceptors (Lipinski definition) is 6. The molecule has 1 amide bonds. The second-order valence-corrected chi connectivity index (χ2v) is 10.5. The topological polar surface area (TPSA) is 112 Å². The van der Waals surface area contributed by atoms with Crippen LogP contribution in [0.3, 0.4) is 0 Å². The number of hydrogen-bond donors (Lipinski definition) is 3. The minimum atomic E-state index is -1.01. The minimum absolute atomic E-state index is 0.369. The lowest BCUT2D eigenvalue weighted by molar-refractivity contribution is -0.139. The molecule has 9 heteroatoms. The van der Waals surface area contributed by atoms with Gasteiger partial charge < -0.3 is 20.6 Å². The van der Waals surface area contributed by atoms with Crippen LogP contribution in [0.1, 0.15) is 47.3 Å². The highest BCUT2D eigenvalue weighted by Gasteiger charge is 2.26. The van der Waals surface area contributed by atoms with Gasteiger partial charge in [-0.1, -0.05) is 18.2 Å². The van der Waals surface area contributed by atoms with Crippen molar-refractivity contribution >= 4 is 17.7 Å². The Kier molecular flexibility index (Phi) is 8.03. The van der Waals surface area contributed by atoms with Crippen LogP contribution < -0.4 is 10.6 Å². The van der Waals surface area contributed by atoms with Crippen molar-refractivity contribution < 1.29 is 14.7 Å². The molecule has 1 fully saturated rings. The van der Waals surface area contributed by atoms with Gasteiger partial charge in [-0.25, -0.2) is 9.78 Å². The average molecular weight is 517 g/mol. The van der Waals surface area contributed by atoms with Crippen molar-refractivity contribution in [2.45, 2.75) is 44.6 Å². The van der Waals surface area contributed by atoms with Gasteiger partial charge in [0, 0.05) is 49.7 Å². The van der Waals surface area contributed by atoms with E-state index in [0.29, 0.717) is 24.4 Å². The Hall–Kier alpha value is -3.72. The first-order chi connectivity index (χ1) is 18.4. The number of pyridine rings is 1. The van der Waals surface area contributed by atoms with E-state index in [-0.39, 0.29) is 5.91 Å². The average Bonchev–Trinajstić information content (AvgIpc) is 3.58. The van der Waals surface area contributed by atoms with Crippen LogP contribution in [0.4, 0.5) is 5.82 Å². The number of amides is 1. The molecule has 1 aromatic carbocycles. The Morgan fingerprint density at radius 3 is 2.95 bits per heavy atom. The third kappa shape index (κ3) is 6.39. The van der Waals surface area contributed by atoms with Crippen molar-refractivity contribution in [1.82, 2.24) is 25.0 Å². The van der Waals surface area contributed by atoms with Crippen LogP contribution in [0, 0.1) is 5.92 Å². The second kappa shape index (κ2) is 11.8. The molecule has 2 aromatic heterocycles. The lowest BCUT2D eigenvalue weighted by Crippen LogP contribution is -2.43. The summed E-state index contributed by atoms with van der Waals surface area (Å²) in [5.74, 6) is 0.236. The number of carbonyl (C=O) groups is 2. The van der Waals surface area contributed by atoms with Gasteiger partial charge in [0.2, 0.25) is 0 Å². The number of aryl methyl sites for hydroxylation is 3. The molecule has 0 radical (unpaired) electrons. The van der Waals surface area contributed by atoms with Crippen LogP contribution in [-0.4, -0.2) is 68.9 Å². The number of benzene rings is 1. The van der Waals surface area contributed by atoms with Crippen LogP contribution in [0.5, 0.6) is 0 Å². The van der Waals surface area contributed by atoms with Gasteiger partial charge in [-0.3, -0.25) is 9.48 Å². The van der Waals surface area contributed by atoms with E-state index < -0.39 is 12.0 Å². The lowest BCUT2D eigenvalue weighted by atomic mass is 10.00. The first-order valence-electron chi connectivity index (χ1n) is 13.5. The zero-order valence-corrected chi connectivity index (χ0v) is 21.9. The number of likely N-dealkylation sites (tertiary alicyclic amines) is 1. The summed E-state index contributed by atoms with van der Waals surface area (Å²) >= 11 is 0. The number of anilines is 1. The zero-order valence-electron chi connectivity index (χ0n) is 21.9. The van der Waals surface area contributed by atoms with E-state index in [9.17, 15) is 14.7 Å². The molecule has 38 heavy (non-hydrogen) atoms. The summed E-state index contributed by atoms with van der Waals surface area (Å²) in [7, 11) is 1.84. The van der Waals surface area contributed by atoms with E-state index in [1.54, 1.807) is 29.1 Å². The van der Waals surface area contributed by atoms with E-state index >= 15 is 0 Å². The number of aliphatic carboxylic acids is 1. The van der Waals surface area contributed by atoms with Crippen molar-refractivity contribution in [3.8, 4) is 11.1 Å². The quantitative estimate of drug-likeness (QED) is 0.379. The number of carboxylic acid groups (broad SMARTS) is 1. The van der Waals surface area contributed by atoms with Gasteiger partial charge in [0.1, 0.15) is 11.9 Å². The SMILES string of the molecule is Cn1cc(-c2cccc(C(=O)NC(CCN3CC[C@@H](CCc4ccc5c(n4)NCCC5)C3)C(=O)O)c2)cn1. The second-order valence-electron chi connectivity index (χ2n) is 10.5. The van der Waals surface area contributed by atoms with Crippen molar-refractivity contribution in [2.75, 3.05) is 31.5 Å². The number of rotatable bonds is 10. The molecule has 1 unspecified atom stereocenters. The number of carbonyl (C=O) groups excluding carboxylic acids is 1. The van der Waals surface area contributed by atoms with E-state index in [4.69, 9.17) is 4.98 Å². The maximum absolute atomic E-state index is 12.9. The first-order valence-corrected chi connectivity index (χ1v) is 13.5. The van der Waals surface area contributed by atoms with E-state index in [1.165, 1.54) is 5.56 Å². The number of nitrogens with one attached hydrogen (secondary N) is 2. The number of nitrogens with zero attached hydrogens (tertiary/aromatic N) is 4. The van der Waals surface area contributed by atoms with Crippen LogP contribution in [-0.2, 0) is 24.7 Å².